The van der Waals surface area contributed by atoms with Crippen LogP contribution >= 0.6 is 7.76 Å². The third kappa shape index (κ3) is 3.43. The fourth-order valence-corrected chi connectivity index (χ4v) is 9.05. The Morgan fingerprint density at radius 2 is 1.05 bits per heavy atom. The van der Waals surface area contributed by atoms with Crippen molar-refractivity contribution in [1.82, 2.24) is 0 Å². The molecule has 0 saturated carbocycles. The van der Waals surface area contributed by atoms with Crippen LogP contribution in [0.25, 0.3) is 76.2 Å². The second kappa shape index (κ2) is 9.34. The molecule has 1 aliphatic carbocycles. The van der Waals surface area contributed by atoms with E-state index in [1.165, 1.54) is 76.8 Å². The molecule has 1 nitrogen and oxygen atoms in total. The third-order valence-corrected chi connectivity index (χ3v) is 11.1. The first kappa shape index (κ1) is 25.7. The van der Waals surface area contributed by atoms with Crippen LogP contribution in [-0.4, -0.2) is 0 Å². The quantitative estimate of drug-likeness (QED) is 0.187. The van der Waals surface area contributed by atoms with Crippen molar-refractivity contribution >= 4 is 50.6 Å². The van der Waals surface area contributed by atoms with Crippen molar-refractivity contribution < 1.29 is 4.89 Å². The Bertz CT molecular complexity index is 2420. The van der Waals surface area contributed by atoms with E-state index in [9.17, 15) is 4.89 Å². The van der Waals surface area contributed by atoms with Gasteiger partial charge in [-0.05, 0) is 101 Å². The summed E-state index contributed by atoms with van der Waals surface area (Å²) in [4.78, 5) is 13.0. The molecule has 1 aliphatic rings. The van der Waals surface area contributed by atoms with Crippen molar-refractivity contribution in [3.05, 3.63) is 150 Å². The van der Waals surface area contributed by atoms with E-state index in [1.54, 1.807) is 0 Å². The molecule has 0 radical (unpaired) electrons. The average molecular weight is 581 g/mol. The number of fused-ring (bicyclic) bond motifs is 6. The summed E-state index contributed by atoms with van der Waals surface area (Å²) in [6.45, 7) is 4.66. The van der Waals surface area contributed by atoms with Gasteiger partial charge in [0.05, 0.1) is 7.76 Å². The molecule has 0 N–H and O–H groups in total. The molecule has 1 unspecified atom stereocenters. The van der Waals surface area contributed by atoms with Crippen LogP contribution in [0, 0.1) is 0 Å². The standard InChI is InChI=1S/C42H29OP/c1-42(2)36-20-10-18-31-32(21-22-33(40(31)36)34-23-24-37-35(41(34)42)19-11-25-44(37)43)39-29-16-8-6-14-27(29)38(26-12-4-3-5-13-26)28-15-7-9-17-30(28)39/h3-25H,1-2H3. The Morgan fingerprint density at radius 3 is 1.75 bits per heavy atom. The zero-order chi connectivity index (χ0) is 29.6. The van der Waals surface area contributed by atoms with E-state index in [4.69, 9.17) is 0 Å². The first-order valence-electron chi connectivity index (χ1n) is 15.3. The maximum atomic E-state index is 13.0. The number of benzene rings is 7. The smallest absolute Gasteiger partial charge is 0.152 e. The highest BCUT2D eigenvalue weighted by Crippen LogP contribution is 2.54. The molecule has 2 heteroatoms. The minimum Gasteiger partial charge on any atom is -0.626 e. The Kier molecular flexibility index (Phi) is 5.45. The molecule has 0 bridgehead atoms. The monoisotopic (exact) mass is 580 g/mol. The minimum absolute atomic E-state index is 0.259. The molecule has 1 atom stereocenters. The van der Waals surface area contributed by atoms with Crippen molar-refractivity contribution in [1.29, 1.82) is 0 Å². The normalized spacial score (nSPS) is 13.9. The minimum atomic E-state index is -1.53. The molecular formula is C42H29OP. The van der Waals surface area contributed by atoms with Crippen molar-refractivity contribution in [3.63, 3.8) is 0 Å². The lowest BCUT2D eigenvalue weighted by atomic mass is 9.67. The van der Waals surface area contributed by atoms with Gasteiger partial charge in [-0.15, -0.1) is 0 Å². The molecule has 0 amide bonds. The van der Waals surface area contributed by atoms with E-state index in [0.717, 1.165) is 10.5 Å². The van der Waals surface area contributed by atoms with Crippen LogP contribution in [-0.2, 0) is 5.41 Å². The highest BCUT2D eigenvalue weighted by Gasteiger charge is 2.36. The summed E-state index contributed by atoms with van der Waals surface area (Å²) in [5.74, 6) is 1.82. The zero-order valence-electron chi connectivity index (χ0n) is 24.6. The van der Waals surface area contributed by atoms with Gasteiger partial charge in [0, 0.05) is 10.8 Å². The van der Waals surface area contributed by atoms with Gasteiger partial charge >= 0.3 is 0 Å². The van der Waals surface area contributed by atoms with Crippen LogP contribution < -0.4 is 4.89 Å². The lowest BCUT2D eigenvalue weighted by Gasteiger charge is -2.36. The van der Waals surface area contributed by atoms with Gasteiger partial charge in [0.15, 0.2) is 5.12 Å². The molecule has 208 valence electrons. The maximum Gasteiger partial charge on any atom is 0.152 e. The van der Waals surface area contributed by atoms with Crippen LogP contribution in [0.2, 0.25) is 0 Å². The summed E-state index contributed by atoms with van der Waals surface area (Å²) in [6, 6.07) is 48.4. The van der Waals surface area contributed by atoms with E-state index < -0.39 is 7.76 Å². The summed E-state index contributed by atoms with van der Waals surface area (Å²) in [5.41, 5.74) is 9.89. The van der Waals surface area contributed by atoms with Gasteiger partial charge in [-0.1, -0.05) is 123 Å². The molecule has 0 aliphatic heterocycles. The molecule has 1 heterocycles. The first-order chi connectivity index (χ1) is 21.5. The topological polar surface area (TPSA) is 23.1 Å². The SMILES string of the molecule is CC1(C)c2c(ccc3c2ccc[p+]3[O-])-c2ccc(-c3c4ccccc4c(-c4ccccc4)c4ccccc34)c3cccc1c23. The molecule has 7 aromatic carbocycles. The molecule has 0 saturated heterocycles. The summed E-state index contributed by atoms with van der Waals surface area (Å²) in [6.07, 6.45) is 0. The summed E-state index contributed by atoms with van der Waals surface area (Å²) in [7, 11) is -1.53. The first-order valence-corrected chi connectivity index (χ1v) is 16.6. The van der Waals surface area contributed by atoms with E-state index in [-0.39, 0.29) is 5.41 Å². The van der Waals surface area contributed by atoms with Gasteiger partial charge in [-0.2, -0.15) is 0 Å². The fourth-order valence-electron chi connectivity index (χ4n) is 8.00. The van der Waals surface area contributed by atoms with Gasteiger partial charge < -0.3 is 4.89 Å². The van der Waals surface area contributed by atoms with Crippen LogP contribution in [0.15, 0.2) is 139 Å². The molecule has 8 aromatic rings. The van der Waals surface area contributed by atoms with Gasteiger partial charge in [0.2, 0.25) is 0 Å². The van der Waals surface area contributed by atoms with Crippen LogP contribution in [0.1, 0.15) is 25.0 Å². The molecule has 1 aromatic heterocycles. The second-order valence-corrected chi connectivity index (χ2v) is 13.9. The van der Waals surface area contributed by atoms with Crippen molar-refractivity contribution in [2.75, 3.05) is 0 Å². The number of hydrogen-bond donors (Lipinski definition) is 0. The van der Waals surface area contributed by atoms with Crippen LogP contribution in [0.5, 0.6) is 0 Å². The average Bonchev–Trinajstić information content (AvgIpc) is 3.06. The third-order valence-electron chi connectivity index (χ3n) is 9.84. The lowest BCUT2D eigenvalue weighted by Crippen LogP contribution is -2.24. The van der Waals surface area contributed by atoms with E-state index in [2.05, 4.69) is 141 Å². The van der Waals surface area contributed by atoms with Crippen molar-refractivity contribution in [2.45, 2.75) is 19.3 Å². The van der Waals surface area contributed by atoms with Crippen molar-refractivity contribution in [2.24, 2.45) is 0 Å². The largest absolute Gasteiger partial charge is 0.626 e. The number of hydrogen-bond acceptors (Lipinski definition) is 1. The van der Waals surface area contributed by atoms with Crippen LogP contribution in [0.4, 0.5) is 0 Å². The molecule has 9 rings (SSSR count). The fraction of sp³-hybridized carbons (Fsp3) is 0.0714. The van der Waals surface area contributed by atoms with E-state index >= 15 is 0 Å². The van der Waals surface area contributed by atoms with Gasteiger partial charge in [0.25, 0.3) is 0 Å². The predicted octanol–water partition coefficient (Wildman–Crippen LogP) is 11.3. The summed E-state index contributed by atoms with van der Waals surface area (Å²) < 4.78 is 0. The Balaban J connectivity index is 1.42. The zero-order valence-corrected chi connectivity index (χ0v) is 25.5. The van der Waals surface area contributed by atoms with Gasteiger partial charge in [-0.3, -0.25) is 0 Å². The van der Waals surface area contributed by atoms with Gasteiger partial charge in [-0.25, -0.2) is 0 Å². The molecule has 44 heavy (non-hydrogen) atoms. The summed E-state index contributed by atoms with van der Waals surface area (Å²) in [5, 5.41) is 9.72. The maximum absolute atomic E-state index is 13.0. The lowest BCUT2D eigenvalue weighted by molar-refractivity contribution is -0.149. The Morgan fingerprint density at radius 1 is 0.477 bits per heavy atom. The molecule has 0 fully saturated rings. The second-order valence-electron chi connectivity index (χ2n) is 12.5. The van der Waals surface area contributed by atoms with Crippen LogP contribution in [0.3, 0.4) is 0 Å². The number of rotatable bonds is 2. The van der Waals surface area contributed by atoms with E-state index in [1.807, 2.05) is 11.9 Å². The highest BCUT2D eigenvalue weighted by molar-refractivity contribution is 7.47. The predicted molar refractivity (Wildman–Crippen MR) is 187 cm³/mol. The Labute approximate surface area is 257 Å². The molecule has 0 spiro atoms. The molecular weight excluding hydrogens is 551 g/mol. The highest BCUT2D eigenvalue weighted by atomic mass is 31.1. The van der Waals surface area contributed by atoms with Crippen molar-refractivity contribution in [3.8, 4) is 33.4 Å². The summed E-state index contributed by atoms with van der Waals surface area (Å²) >= 11 is 0. The Hall–Kier alpha value is -4.81. The van der Waals surface area contributed by atoms with Gasteiger partial charge in [0.1, 0.15) is 5.80 Å². The van der Waals surface area contributed by atoms with E-state index in [0.29, 0.717) is 0 Å².